The van der Waals surface area contributed by atoms with E-state index in [1.165, 1.54) is 33.4 Å². The van der Waals surface area contributed by atoms with Crippen LogP contribution in [0.2, 0.25) is 0 Å². The van der Waals surface area contributed by atoms with Crippen molar-refractivity contribution in [1.82, 2.24) is 0 Å². The molecule has 52 heavy (non-hydrogen) atoms. The molecule has 2 saturated carbocycles. The maximum atomic E-state index is 14.5. The molecule has 6 atom stereocenters. The van der Waals surface area contributed by atoms with Crippen molar-refractivity contribution in [2.45, 2.75) is 116 Å². The molecular formula is C48H56O4. The summed E-state index contributed by atoms with van der Waals surface area (Å²) in [5.74, 6) is 2.55. The van der Waals surface area contributed by atoms with E-state index in [0.29, 0.717) is 25.7 Å². The molecule has 0 radical (unpaired) electrons. The maximum absolute atomic E-state index is 14.5. The monoisotopic (exact) mass is 696 g/mol. The number of hydrogen-bond donors (Lipinski definition) is 0. The van der Waals surface area contributed by atoms with Crippen LogP contribution in [0.15, 0.2) is 97.1 Å². The van der Waals surface area contributed by atoms with Crippen LogP contribution in [0.1, 0.15) is 112 Å². The van der Waals surface area contributed by atoms with E-state index >= 15 is 0 Å². The predicted molar refractivity (Wildman–Crippen MR) is 208 cm³/mol. The average Bonchev–Trinajstić information content (AvgIpc) is 3.16. The number of ether oxygens (including phenoxy) is 3. The number of fused-ring (bicyclic) bond motifs is 6. The van der Waals surface area contributed by atoms with Crippen molar-refractivity contribution in [3.63, 3.8) is 0 Å². The van der Waals surface area contributed by atoms with Crippen LogP contribution in [-0.4, -0.2) is 12.6 Å². The van der Waals surface area contributed by atoms with Crippen LogP contribution in [-0.2, 0) is 46.4 Å². The molecule has 0 unspecified atom stereocenters. The van der Waals surface area contributed by atoms with E-state index in [1.54, 1.807) is 0 Å². The van der Waals surface area contributed by atoms with Gasteiger partial charge in [0, 0.05) is 5.41 Å². The molecule has 4 aliphatic rings. The summed E-state index contributed by atoms with van der Waals surface area (Å²) in [6, 6.07) is 34.2. The highest BCUT2D eigenvalue weighted by Gasteiger charge is 2.57. The van der Waals surface area contributed by atoms with Crippen LogP contribution in [0.25, 0.3) is 0 Å². The zero-order valence-corrected chi connectivity index (χ0v) is 31.7. The number of benzene rings is 4. The fraction of sp³-hybridized carbons (Fsp3) is 0.479. The summed E-state index contributed by atoms with van der Waals surface area (Å²) >= 11 is 0. The standard InChI is InChI=1S/C48H56O4/c1-45(25-11-26-46(2)40-29-38(21-17-36(40)19-23-42(45)46)50-31-34-13-7-5-8-14-34)33-52-44(49)48(4)28-12-27-47(3)41-30-39(22-18-37(41)20-24-43(47)48)51-32-35-15-9-6-10-16-35/h5-10,13-18,21-22,29-30,42-43H,11-12,19-20,23-28,31-33H2,1-4H3/t42-,43+,45+,46+,47+,48-/m0/s1. The minimum Gasteiger partial charge on any atom is -0.489 e. The van der Waals surface area contributed by atoms with Gasteiger partial charge < -0.3 is 14.2 Å². The molecule has 4 aromatic rings. The first-order chi connectivity index (χ1) is 25.1. The van der Waals surface area contributed by atoms with Crippen LogP contribution < -0.4 is 9.47 Å². The van der Waals surface area contributed by atoms with Gasteiger partial charge in [-0.15, -0.1) is 0 Å². The van der Waals surface area contributed by atoms with E-state index in [2.05, 4.69) is 113 Å². The van der Waals surface area contributed by atoms with Crippen molar-refractivity contribution in [3.05, 3.63) is 130 Å². The fourth-order valence-electron chi connectivity index (χ4n) is 11.5. The highest BCUT2D eigenvalue weighted by molar-refractivity contribution is 5.77. The molecule has 0 N–H and O–H groups in total. The van der Waals surface area contributed by atoms with Gasteiger partial charge >= 0.3 is 5.97 Å². The number of esters is 1. The van der Waals surface area contributed by atoms with E-state index in [1.807, 2.05) is 12.1 Å². The van der Waals surface area contributed by atoms with Crippen molar-refractivity contribution in [3.8, 4) is 11.5 Å². The predicted octanol–water partition coefficient (Wildman–Crippen LogP) is 11.1. The zero-order chi connectivity index (χ0) is 36.0. The number of aryl methyl sites for hydroxylation is 2. The molecule has 0 heterocycles. The lowest BCUT2D eigenvalue weighted by molar-refractivity contribution is -0.171. The average molecular weight is 697 g/mol. The van der Waals surface area contributed by atoms with Crippen molar-refractivity contribution < 1.29 is 19.0 Å². The van der Waals surface area contributed by atoms with Crippen LogP contribution in [0.3, 0.4) is 0 Å². The topological polar surface area (TPSA) is 44.8 Å². The Labute approximate surface area is 311 Å². The van der Waals surface area contributed by atoms with Crippen molar-refractivity contribution in [2.24, 2.45) is 22.7 Å². The highest BCUT2D eigenvalue weighted by atomic mass is 16.5. The zero-order valence-electron chi connectivity index (χ0n) is 31.7. The molecule has 0 bridgehead atoms. The molecule has 0 aliphatic heterocycles. The molecule has 0 saturated heterocycles. The van der Waals surface area contributed by atoms with Crippen LogP contribution in [0.5, 0.6) is 11.5 Å². The highest BCUT2D eigenvalue weighted by Crippen LogP contribution is 2.60. The second-order valence-corrected chi connectivity index (χ2v) is 17.6. The minimum absolute atomic E-state index is 0.0182. The van der Waals surface area contributed by atoms with E-state index < -0.39 is 5.41 Å². The van der Waals surface area contributed by atoms with Crippen molar-refractivity contribution >= 4 is 5.97 Å². The van der Waals surface area contributed by atoms with E-state index in [4.69, 9.17) is 14.2 Å². The number of rotatable bonds is 9. The van der Waals surface area contributed by atoms with Crippen molar-refractivity contribution in [2.75, 3.05) is 6.61 Å². The van der Waals surface area contributed by atoms with Gasteiger partial charge in [0.1, 0.15) is 24.7 Å². The number of carbonyl (C=O) groups excluding carboxylic acids is 1. The molecule has 2 fully saturated rings. The molecule has 8 rings (SSSR count). The summed E-state index contributed by atoms with van der Waals surface area (Å²) in [6.45, 7) is 11.1. The Morgan fingerprint density at radius 2 is 1.12 bits per heavy atom. The Balaban J connectivity index is 0.979. The van der Waals surface area contributed by atoms with E-state index in [-0.39, 0.29) is 28.1 Å². The molecule has 4 aromatic carbocycles. The van der Waals surface area contributed by atoms with E-state index in [0.717, 1.165) is 75.7 Å². The van der Waals surface area contributed by atoms with Gasteiger partial charge in [0.2, 0.25) is 0 Å². The first-order valence-electron chi connectivity index (χ1n) is 19.9. The lowest BCUT2D eigenvalue weighted by atomic mass is 9.49. The lowest BCUT2D eigenvalue weighted by Crippen LogP contribution is -2.54. The minimum atomic E-state index is -0.510. The van der Waals surface area contributed by atoms with Crippen LogP contribution in [0, 0.1) is 22.7 Å². The summed E-state index contributed by atoms with van der Waals surface area (Å²) in [7, 11) is 0. The van der Waals surface area contributed by atoms with Gasteiger partial charge in [-0.05, 0) is 139 Å². The Kier molecular flexibility index (Phi) is 9.25. The summed E-state index contributed by atoms with van der Waals surface area (Å²) in [5.41, 5.74) is 7.37. The van der Waals surface area contributed by atoms with Gasteiger partial charge in [-0.3, -0.25) is 4.79 Å². The Hall–Kier alpha value is -4.05. The summed E-state index contributed by atoms with van der Waals surface area (Å²) in [6.07, 6.45) is 10.6. The molecule has 4 nitrogen and oxygen atoms in total. The van der Waals surface area contributed by atoms with Gasteiger partial charge in [-0.2, -0.15) is 0 Å². The van der Waals surface area contributed by atoms with Gasteiger partial charge in [0.25, 0.3) is 0 Å². The molecule has 4 heteroatoms. The van der Waals surface area contributed by atoms with Gasteiger partial charge in [-0.1, -0.05) is 106 Å². The number of hydrogen-bond acceptors (Lipinski definition) is 4. The second-order valence-electron chi connectivity index (χ2n) is 17.6. The fourth-order valence-corrected chi connectivity index (χ4v) is 11.5. The first kappa shape index (κ1) is 35.0. The normalized spacial score (nSPS) is 30.5. The third kappa shape index (κ3) is 6.24. The summed E-state index contributed by atoms with van der Waals surface area (Å²) in [5, 5.41) is 0. The van der Waals surface area contributed by atoms with Gasteiger partial charge in [0.15, 0.2) is 0 Å². The Morgan fingerprint density at radius 3 is 1.67 bits per heavy atom. The molecule has 4 aliphatic carbocycles. The third-order valence-corrected chi connectivity index (χ3v) is 14.3. The second kappa shape index (κ2) is 13.7. The molecule has 0 spiro atoms. The van der Waals surface area contributed by atoms with Crippen LogP contribution in [0.4, 0.5) is 0 Å². The van der Waals surface area contributed by atoms with Gasteiger partial charge in [0.05, 0.1) is 12.0 Å². The summed E-state index contributed by atoms with van der Waals surface area (Å²) < 4.78 is 19.3. The lowest BCUT2D eigenvalue weighted by Gasteiger charge is -2.56. The quantitative estimate of drug-likeness (QED) is 0.163. The molecule has 272 valence electrons. The SMILES string of the molecule is C[C@]1(COC(=O)[C@@]2(C)CCC[C@]3(C)c4cc(OCc5ccccc5)ccc4CC[C@@H]23)CCC[C@]2(C)c3cc(OCc4ccccc4)ccc3CC[C@@H]12. The number of carbonyl (C=O) groups is 1. The van der Waals surface area contributed by atoms with Gasteiger partial charge in [-0.25, -0.2) is 0 Å². The third-order valence-electron chi connectivity index (χ3n) is 14.3. The Morgan fingerprint density at radius 1 is 0.615 bits per heavy atom. The maximum Gasteiger partial charge on any atom is 0.312 e. The van der Waals surface area contributed by atoms with Crippen LogP contribution >= 0.6 is 0 Å². The molecular weight excluding hydrogens is 641 g/mol. The molecule has 0 amide bonds. The summed E-state index contributed by atoms with van der Waals surface area (Å²) in [4.78, 5) is 14.5. The Bertz CT molecular complexity index is 1900. The first-order valence-corrected chi connectivity index (χ1v) is 19.9. The van der Waals surface area contributed by atoms with E-state index in [9.17, 15) is 4.79 Å². The largest absolute Gasteiger partial charge is 0.489 e. The smallest absolute Gasteiger partial charge is 0.312 e. The molecule has 0 aromatic heterocycles. The van der Waals surface area contributed by atoms with Crippen molar-refractivity contribution in [1.29, 1.82) is 0 Å².